The van der Waals surface area contributed by atoms with E-state index in [4.69, 9.17) is 14.2 Å². The number of hydrogen-bond donors (Lipinski definition) is 2. The van der Waals surface area contributed by atoms with E-state index in [0.29, 0.717) is 23.6 Å². The Hall–Kier alpha value is -2.77. The summed E-state index contributed by atoms with van der Waals surface area (Å²) in [6.45, 7) is 3.49. The molecule has 8 heteroatoms. The fraction of sp³-hybridized carbons (Fsp3) is 0.438. The van der Waals surface area contributed by atoms with Gasteiger partial charge in [0.15, 0.2) is 17.6 Å². The van der Waals surface area contributed by atoms with Crippen LogP contribution in [0.3, 0.4) is 0 Å². The smallest absolute Gasteiger partial charge is 0.321 e. The molecule has 1 unspecified atom stereocenters. The first kappa shape index (κ1) is 19.3. The standard InChI is InChI=1S/C16H22N2O6/c1-5-17-16(21)18-15(20)10(2)24-14(19)9-11-6-7-12(22-3)13(8-11)23-4/h6-8,10H,5,9H2,1-4H3,(H2,17,18,20,21). The molecular formula is C16H22N2O6. The first-order valence-corrected chi connectivity index (χ1v) is 7.40. The second-order valence-corrected chi connectivity index (χ2v) is 4.85. The summed E-state index contributed by atoms with van der Waals surface area (Å²) in [6.07, 6.45) is -1.13. The van der Waals surface area contributed by atoms with E-state index < -0.39 is 24.0 Å². The minimum atomic E-state index is -1.08. The summed E-state index contributed by atoms with van der Waals surface area (Å²) in [6, 6.07) is 4.39. The van der Waals surface area contributed by atoms with Gasteiger partial charge in [0.2, 0.25) is 0 Å². The highest BCUT2D eigenvalue weighted by Gasteiger charge is 2.20. The maximum Gasteiger partial charge on any atom is 0.321 e. The van der Waals surface area contributed by atoms with Crippen LogP contribution in [0.1, 0.15) is 19.4 Å². The van der Waals surface area contributed by atoms with Gasteiger partial charge in [-0.25, -0.2) is 4.79 Å². The fourth-order valence-corrected chi connectivity index (χ4v) is 1.87. The van der Waals surface area contributed by atoms with E-state index >= 15 is 0 Å². The van der Waals surface area contributed by atoms with Crippen LogP contribution in [0.15, 0.2) is 18.2 Å². The molecule has 0 aliphatic heterocycles. The van der Waals surface area contributed by atoms with Gasteiger partial charge in [-0.3, -0.25) is 14.9 Å². The Balaban J connectivity index is 2.59. The number of hydrogen-bond acceptors (Lipinski definition) is 6. The molecule has 2 N–H and O–H groups in total. The van der Waals surface area contributed by atoms with Gasteiger partial charge >= 0.3 is 12.0 Å². The Morgan fingerprint density at radius 2 is 1.79 bits per heavy atom. The lowest BCUT2D eigenvalue weighted by atomic mass is 10.1. The second-order valence-electron chi connectivity index (χ2n) is 4.85. The van der Waals surface area contributed by atoms with Crippen LogP contribution >= 0.6 is 0 Å². The molecule has 0 bridgehead atoms. The van der Waals surface area contributed by atoms with Crippen molar-refractivity contribution in [2.24, 2.45) is 0 Å². The highest BCUT2D eigenvalue weighted by Crippen LogP contribution is 2.27. The van der Waals surface area contributed by atoms with Gasteiger partial charge in [0.25, 0.3) is 5.91 Å². The van der Waals surface area contributed by atoms with Crippen molar-refractivity contribution in [3.63, 3.8) is 0 Å². The summed E-state index contributed by atoms with van der Waals surface area (Å²) in [7, 11) is 3.01. The number of ether oxygens (including phenoxy) is 3. The van der Waals surface area contributed by atoms with E-state index in [1.54, 1.807) is 25.1 Å². The summed E-state index contributed by atoms with van der Waals surface area (Å²) >= 11 is 0. The molecule has 0 saturated heterocycles. The number of esters is 1. The lowest BCUT2D eigenvalue weighted by molar-refractivity contribution is -0.153. The van der Waals surface area contributed by atoms with E-state index in [0.717, 1.165) is 0 Å². The topological polar surface area (TPSA) is 103 Å². The third kappa shape index (κ3) is 5.79. The van der Waals surface area contributed by atoms with Gasteiger partial charge in [-0.2, -0.15) is 0 Å². The fourth-order valence-electron chi connectivity index (χ4n) is 1.87. The van der Waals surface area contributed by atoms with Gasteiger partial charge in [0.1, 0.15) is 0 Å². The van der Waals surface area contributed by atoms with E-state index in [9.17, 15) is 14.4 Å². The van der Waals surface area contributed by atoms with E-state index in [1.165, 1.54) is 21.1 Å². The number of methoxy groups -OCH3 is 2. The molecule has 0 aromatic heterocycles. The summed E-state index contributed by atoms with van der Waals surface area (Å²) in [5, 5.41) is 4.49. The van der Waals surface area contributed by atoms with Crippen LogP contribution < -0.4 is 20.1 Å². The molecule has 0 spiro atoms. The quantitative estimate of drug-likeness (QED) is 0.720. The second kappa shape index (κ2) is 9.39. The van der Waals surface area contributed by atoms with Crippen molar-refractivity contribution in [1.82, 2.24) is 10.6 Å². The van der Waals surface area contributed by atoms with Gasteiger partial charge < -0.3 is 19.5 Å². The molecule has 8 nitrogen and oxygen atoms in total. The average Bonchev–Trinajstić information content (AvgIpc) is 2.54. The Labute approximate surface area is 140 Å². The molecule has 0 radical (unpaired) electrons. The van der Waals surface area contributed by atoms with Crippen molar-refractivity contribution in [3.05, 3.63) is 23.8 Å². The maximum atomic E-state index is 11.9. The molecule has 1 atom stereocenters. The van der Waals surface area contributed by atoms with E-state index in [-0.39, 0.29) is 6.42 Å². The molecule has 0 aliphatic rings. The highest BCUT2D eigenvalue weighted by molar-refractivity contribution is 5.97. The number of amides is 3. The summed E-state index contributed by atoms with van der Waals surface area (Å²) in [5.74, 6) is -0.253. The molecule has 0 heterocycles. The van der Waals surface area contributed by atoms with Crippen molar-refractivity contribution in [1.29, 1.82) is 0 Å². The highest BCUT2D eigenvalue weighted by atomic mass is 16.5. The predicted molar refractivity (Wildman–Crippen MR) is 86.0 cm³/mol. The van der Waals surface area contributed by atoms with Crippen LogP contribution in [-0.4, -0.2) is 44.8 Å². The SMILES string of the molecule is CCNC(=O)NC(=O)C(C)OC(=O)Cc1ccc(OC)c(OC)c1. The number of benzene rings is 1. The van der Waals surface area contributed by atoms with Crippen LogP contribution in [0.25, 0.3) is 0 Å². The van der Waals surface area contributed by atoms with E-state index in [2.05, 4.69) is 10.6 Å². The Morgan fingerprint density at radius 1 is 1.12 bits per heavy atom. The van der Waals surface area contributed by atoms with Crippen LogP contribution in [0, 0.1) is 0 Å². The van der Waals surface area contributed by atoms with Crippen molar-refractivity contribution in [3.8, 4) is 11.5 Å². The van der Waals surface area contributed by atoms with Gasteiger partial charge in [-0.1, -0.05) is 6.07 Å². The van der Waals surface area contributed by atoms with Gasteiger partial charge in [0, 0.05) is 6.54 Å². The number of carbonyl (C=O) groups excluding carboxylic acids is 3. The summed E-state index contributed by atoms with van der Waals surface area (Å²) in [4.78, 5) is 34.9. The molecule has 0 fully saturated rings. The van der Waals surface area contributed by atoms with Crippen LogP contribution in [0.5, 0.6) is 11.5 Å². The average molecular weight is 338 g/mol. The third-order valence-corrected chi connectivity index (χ3v) is 3.05. The number of urea groups is 1. The number of nitrogens with one attached hydrogen (secondary N) is 2. The number of imide groups is 1. The van der Waals surface area contributed by atoms with Crippen molar-refractivity contribution in [2.75, 3.05) is 20.8 Å². The van der Waals surface area contributed by atoms with E-state index in [1.807, 2.05) is 0 Å². The zero-order valence-corrected chi connectivity index (χ0v) is 14.2. The molecule has 132 valence electrons. The molecule has 1 aromatic rings. The first-order valence-electron chi connectivity index (χ1n) is 7.40. The van der Waals surface area contributed by atoms with Gasteiger partial charge in [-0.15, -0.1) is 0 Å². The number of rotatable bonds is 7. The maximum absolute atomic E-state index is 11.9. The molecule has 0 saturated carbocycles. The normalized spacial score (nSPS) is 11.2. The molecule has 3 amide bonds. The summed E-state index contributed by atoms with van der Waals surface area (Å²) in [5.41, 5.74) is 0.647. The largest absolute Gasteiger partial charge is 0.493 e. The van der Waals surface area contributed by atoms with Crippen LogP contribution in [0.2, 0.25) is 0 Å². The summed E-state index contributed by atoms with van der Waals surface area (Å²) < 4.78 is 15.3. The third-order valence-electron chi connectivity index (χ3n) is 3.05. The lowest BCUT2D eigenvalue weighted by Crippen LogP contribution is -2.44. The Morgan fingerprint density at radius 3 is 2.38 bits per heavy atom. The number of carbonyl (C=O) groups is 3. The van der Waals surface area contributed by atoms with Gasteiger partial charge in [0.05, 0.1) is 20.6 Å². The monoisotopic (exact) mass is 338 g/mol. The van der Waals surface area contributed by atoms with Crippen molar-refractivity contribution in [2.45, 2.75) is 26.4 Å². The van der Waals surface area contributed by atoms with Crippen LogP contribution in [-0.2, 0) is 20.7 Å². The molecule has 1 aromatic carbocycles. The minimum absolute atomic E-state index is 0.0425. The molecule has 1 rings (SSSR count). The Bertz CT molecular complexity index is 602. The molecule has 24 heavy (non-hydrogen) atoms. The predicted octanol–water partition coefficient (Wildman–Crippen LogP) is 1.02. The van der Waals surface area contributed by atoms with Crippen LogP contribution in [0.4, 0.5) is 4.79 Å². The van der Waals surface area contributed by atoms with Crippen molar-refractivity contribution >= 4 is 17.9 Å². The zero-order valence-electron chi connectivity index (χ0n) is 14.2. The van der Waals surface area contributed by atoms with Gasteiger partial charge in [-0.05, 0) is 31.5 Å². The Kier molecular flexibility index (Phi) is 7.54. The van der Waals surface area contributed by atoms with Crippen molar-refractivity contribution < 1.29 is 28.6 Å². The first-order chi connectivity index (χ1) is 11.4. The minimum Gasteiger partial charge on any atom is -0.493 e. The lowest BCUT2D eigenvalue weighted by Gasteiger charge is -2.13. The zero-order chi connectivity index (χ0) is 18.1. The molecular weight excluding hydrogens is 316 g/mol. The molecule has 0 aliphatic carbocycles.